The van der Waals surface area contributed by atoms with Crippen LogP contribution in [0.15, 0.2) is 132 Å². The van der Waals surface area contributed by atoms with E-state index in [-0.39, 0.29) is 5.41 Å². The van der Waals surface area contributed by atoms with Crippen LogP contribution in [-0.2, 0) is 19.3 Å². The third kappa shape index (κ3) is 7.96. The normalized spacial score (nSPS) is 16.5. The number of hydrogen-bond acceptors (Lipinski definition) is 1. The molecule has 1 heteroatoms. The lowest BCUT2D eigenvalue weighted by Crippen LogP contribution is -2.32. The molecule has 53 heavy (non-hydrogen) atoms. The number of benzene rings is 4. The first-order chi connectivity index (χ1) is 26.0. The van der Waals surface area contributed by atoms with E-state index in [2.05, 4.69) is 155 Å². The van der Waals surface area contributed by atoms with Gasteiger partial charge < -0.3 is 0 Å². The van der Waals surface area contributed by atoms with Crippen LogP contribution in [0.2, 0.25) is 0 Å². The van der Waals surface area contributed by atoms with Crippen molar-refractivity contribution < 1.29 is 0 Å². The van der Waals surface area contributed by atoms with Gasteiger partial charge in [0.05, 0.1) is 11.4 Å². The lowest BCUT2D eigenvalue weighted by molar-refractivity contribution is 0.472. The number of allylic oxidation sites excluding steroid dienone is 5. The average Bonchev–Trinajstić information content (AvgIpc) is 3.20. The van der Waals surface area contributed by atoms with Crippen LogP contribution in [0.1, 0.15) is 119 Å². The van der Waals surface area contributed by atoms with Gasteiger partial charge >= 0.3 is 0 Å². The Balaban J connectivity index is 1.34. The number of unbranched alkanes of at least 4 members (excludes halogenated alkanes) is 6. The molecule has 1 heterocycles. The van der Waals surface area contributed by atoms with Crippen LogP contribution in [0.5, 0.6) is 0 Å². The fourth-order valence-corrected chi connectivity index (χ4v) is 8.81. The van der Waals surface area contributed by atoms with Crippen molar-refractivity contribution in [2.24, 2.45) is 5.41 Å². The van der Waals surface area contributed by atoms with Gasteiger partial charge in [-0.3, -0.25) is 0 Å². The van der Waals surface area contributed by atoms with Crippen LogP contribution in [-0.4, -0.2) is 4.98 Å². The van der Waals surface area contributed by atoms with Crippen LogP contribution in [0.3, 0.4) is 0 Å². The highest BCUT2D eigenvalue weighted by molar-refractivity contribution is 6.00. The van der Waals surface area contributed by atoms with Gasteiger partial charge in [0.25, 0.3) is 0 Å². The van der Waals surface area contributed by atoms with Crippen LogP contribution in [0.25, 0.3) is 39.6 Å². The van der Waals surface area contributed by atoms with E-state index < -0.39 is 0 Å². The van der Waals surface area contributed by atoms with Gasteiger partial charge in [0, 0.05) is 11.0 Å². The topological polar surface area (TPSA) is 12.9 Å². The molecule has 1 nitrogen and oxygen atoms in total. The van der Waals surface area contributed by atoms with E-state index in [1.54, 1.807) is 0 Å². The highest BCUT2D eigenvalue weighted by atomic mass is 14.7. The molecule has 0 saturated carbocycles. The summed E-state index contributed by atoms with van der Waals surface area (Å²) in [5, 5.41) is 0. The van der Waals surface area contributed by atoms with E-state index in [0.717, 1.165) is 37.1 Å². The highest BCUT2D eigenvalue weighted by Gasteiger charge is 2.43. The van der Waals surface area contributed by atoms with Gasteiger partial charge in [-0.2, -0.15) is 0 Å². The molecule has 0 saturated heterocycles. The minimum Gasteiger partial charge on any atom is -0.248 e. The van der Waals surface area contributed by atoms with Crippen molar-refractivity contribution in [1.29, 1.82) is 0 Å². The monoisotopic (exact) mass is 695 g/mol. The van der Waals surface area contributed by atoms with E-state index in [1.165, 1.54) is 118 Å². The van der Waals surface area contributed by atoms with Crippen LogP contribution in [0.4, 0.5) is 0 Å². The zero-order chi connectivity index (χ0) is 36.6. The maximum atomic E-state index is 5.49. The number of pyridine rings is 1. The molecular formula is C52H57N. The van der Waals surface area contributed by atoms with Gasteiger partial charge in [0.15, 0.2) is 0 Å². The fourth-order valence-electron chi connectivity index (χ4n) is 8.81. The molecule has 0 N–H and O–H groups in total. The molecule has 4 aromatic carbocycles. The first kappa shape index (κ1) is 36.6. The molecule has 1 aromatic heterocycles. The molecule has 0 bridgehead atoms. The first-order valence-corrected chi connectivity index (χ1v) is 20.5. The van der Waals surface area contributed by atoms with Gasteiger partial charge in [-0.1, -0.05) is 181 Å². The Morgan fingerprint density at radius 1 is 0.566 bits per heavy atom. The third-order valence-electron chi connectivity index (χ3n) is 11.8. The zero-order valence-electron chi connectivity index (χ0n) is 32.6. The average molecular weight is 696 g/mol. The Hall–Kier alpha value is -4.75. The Morgan fingerprint density at radius 2 is 1.13 bits per heavy atom. The van der Waals surface area contributed by atoms with Crippen molar-refractivity contribution >= 4 is 17.2 Å². The maximum absolute atomic E-state index is 5.49. The summed E-state index contributed by atoms with van der Waals surface area (Å²) in [6.45, 7) is 9.41. The minimum atomic E-state index is -0.179. The van der Waals surface area contributed by atoms with E-state index in [0.29, 0.717) is 0 Å². The van der Waals surface area contributed by atoms with Crippen LogP contribution < -0.4 is 0 Å². The predicted octanol–water partition coefficient (Wildman–Crippen LogP) is 14.6. The molecular weight excluding hydrogens is 639 g/mol. The molecule has 0 amide bonds. The Bertz CT molecular complexity index is 2080. The number of nitrogens with zero attached hydrogens (tertiary/aromatic N) is 1. The van der Waals surface area contributed by atoms with Crippen molar-refractivity contribution in [1.82, 2.24) is 4.98 Å². The fraction of sp³-hybridized carbons (Fsp3) is 0.327. The number of aromatic nitrogens is 1. The van der Waals surface area contributed by atoms with Gasteiger partial charge in [-0.05, 0) is 112 Å². The number of aryl methyl sites for hydroxylation is 2. The van der Waals surface area contributed by atoms with Gasteiger partial charge in [-0.15, -0.1) is 0 Å². The Morgan fingerprint density at radius 3 is 1.70 bits per heavy atom. The minimum absolute atomic E-state index is 0.179. The second-order valence-electron chi connectivity index (χ2n) is 15.5. The molecule has 1 unspecified atom stereocenters. The number of rotatable bonds is 15. The lowest BCUT2D eigenvalue weighted by atomic mass is 9.59. The molecule has 5 aromatic rings. The van der Waals surface area contributed by atoms with Crippen molar-refractivity contribution in [3.8, 4) is 22.4 Å². The van der Waals surface area contributed by atoms with Gasteiger partial charge in [0.2, 0.25) is 0 Å². The second kappa shape index (κ2) is 16.9. The summed E-state index contributed by atoms with van der Waals surface area (Å²) < 4.78 is 0. The number of hydrogen-bond donors (Lipinski definition) is 0. The Labute approximate surface area is 319 Å². The SMILES string of the molecule is CCCCCCc1ccc(C2=C(CC)C3(C)Cc4c(-c5ccccc5)cc(-c5ccc(CCCCCC)cc5)nc4C=C3C(c3ccccc3)=C2)cc1. The highest BCUT2D eigenvalue weighted by Crippen LogP contribution is 2.56. The van der Waals surface area contributed by atoms with Crippen molar-refractivity contribution in [2.45, 2.75) is 105 Å². The summed E-state index contributed by atoms with van der Waals surface area (Å²) >= 11 is 0. The van der Waals surface area contributed by atoms with E-state index >= 15 is 0 Å². The third-order valence-corrected chi connectivity index (χ3v) is 11.8. The van der Waals surface area contributed by atoms with Crippen molar-refractivity contribution in [3.05, 3.63) is 166 Å². The molecule has 0 fully saturated rings. The van der Waals surface area contributed by atoms with E-state index in [9.17, 15) is 0 Å². The van der Waals surface area contributed by atoms with Crippen molar-refractivity contribution in [3.63, 3.8) is 0 Å². The van der Waals surface area contributed by atoms with E-state index in [1.807, 2.05) is 0 Å². The van der Waals surface area contributed by atoms with Crippen molar-refractivity contribution in [2.75, 3.05) is 0 Å². The van der Waals surface area contributed by atoms with Gasteiger partial charge in [-0.25, -0.2) is 4.98 Å². The van der Waals surface area contributed by atoms with Crippen LogP contribution in [0, 0.1) is 5.41 Å². The largest absolute Gasteiger partial charge is 0.248 e. The molecule has 2 aliphatic rings. The molecule has 7 rings (SSSR count). The first-order valence-electron chi connectivity index (χ1n) is 20.5. The summed E-state index contributed by atoms with van der Waals surface area (Å²) in [6.07, 6.45) is 19.5. The smallest absolute Gasteiger partial charge is 0.0715 e. The molecule has 1 atom stereocenters. The van der Waals surface area contributed by atoms with E-state index in [4.69, 9.17) is 4.98 Å². The standard InChI is InChI=1S/C52H57N/c1-5-8-10-14-20-38-26-30-42(31-27-38)45-34-46(41-24-18-13-19-25-41)49-36-51-47(37-52(49,4)48(45)7-3)44(40-22-16-12-17-23-40)35-50(53-51)43-32-28-39(29-33-43)21-15-11-9-6-2/h12-13,16-19,22-36H,5-11,14-15,20-21,37H2,1-4H3. The second-order valence-corrected chi connectivity index (χ2v) is 15.5. The molecule has 2 aliphatic carbocycles. The molecule has 0 aliphatic heterocycles. The molecule has 0 spiro atoms. The maximum Gasteiger partial charge on any atom is 0.0715 e. The number of fused-ring (bicyclic) bond motifs is 2. The Kier molecular flexibility index (Phi) is 11.7. The molecule has 270 valence electrons. The summed E-state index contributed by atoms with van der Waals surface area (Å²) in [6, 6.07) is 43.1. The quantitative estimate of drug-likeness (QED) is 0.0994. The predicted molar refractivity (Wildman–Crippen MR) is 229 cm³/mol. The summed E-state index contributed by atoms with van der Waals surface area (Å²) in [4.78, 5) is 5.49. The summed E-state index contributed by atoms with van der Waals surface area (Å²) in [7, 11) is 0. The zero-order valence-corrected chi connectivity index (χ0v) is 32.6. The van der Waals surface area contributed by atoms with Crippen LogP contribution >= 0.6 is 0 Å². The summed E-state index contributed by atoms with van der Waals surface area (Å²) in [5.41, 5.74) is 18.1. The molecule has 0 radical (unpaired) electrons. The van der Waals surface area contributed by atoms with Gasteiger partial charge in [0.1, 0.15) is 0 Å². The lowest BCUT2D eigenvalue weighted by Gasteiger charge is -2.44. The summed E-state index contributed by atoms with van der Waals surface area (Å²) in [5.74, 6) is 0.